The van der Waals surface area contributed by atoms with Crippen LogP contribution in [0.3, 0.4) is 0 Å². The third-order valence-corrected chi connectivity index (χ3v) is 7.75. The molecule has 8 aromatic rings. The first kappa shape index (κ1) is 23.3. The van der Waals surface area contributed by atoms with Crippen molar-refractivity contribution in [3.05, 3.63) is 146 Å². The van der Waals surface area contributed by atoms with Crippen molar-refractivity contribution in [1.82, 2.24) is 20.0 Å². The number of pyridine rings is 1. The highest BCUT2D eigenvalue weighted by Gasteiger charge is 2.17. The number of hydrogen-bond donors (Lipinski definition) is 0. The first-order chi connectivity index (χ1) is 20.3. The molecule has 6 aromatic carbocycles. The zero-order valence-corrected chi connectivity index (χ0v) is 22.1. The first-order valence-corrected chi connectivity index (χ1v) is 13.7. The molecular weight excluding hydrogens is 500 g/mol. The average molecular weight is 525 g/mol. The van der Waals surface area contributed by atoms with Crippen LogP contribution in [0.1, 0.15) is 0 Å². The molecule has 2 heterocycles. The number of rotatable bonds is 4. The van der Waals surface area contributed by atoms with E-state index >= 15 is 0 Å². The fourth-order valence-electron chi connectivity index (χ4n) is 5.90. The summed E-state index contributed by atoms with van der Waals surface area (Å²) in [7, 11) is 0. The fraction of sp³-hybridized carbons (Fsp3) is 0. The van der Waals surface area contributed by atoms with E-state index < -0.39 is 0 Å². The maximum atomic E-state index is 4.92. The van der Waals surface area contributed by atoms with Gasteiger partial charge in [-0.25, -0.2) is 0 Å². The highest BCUT2D eigenvalue weighted by molar-refractivity contribution is 6.21. The summed E-state index contributed by atoms with van der Waals surface area (Å²) in [5.74, 6) is 0. The molecule has 0 saturated carbocycles. The molecule has 0 saturated heterocycles. The van der Waals surface area contributed by atoms with Gasteiger partial charge in [0.2, 0.25) is 0 Å². The Labute approximate surface area is 237 Å². The summed E-state index contributed by atoms with van der Waals surface area (Å²) in [4.78, 5) is 5.87. The fourth-order valence-corrected chi connectivity index (χ4v) is 5.90. The molecule has 0 spiro atoms. The molecule has 0 bridgehead atoms. The van der Waals surface area contributed by atoms with Gasteiger partial charge in [0.1, 0.15) is 11.0 Å². The predicted octanol–water partition coefficient (Wildman–Crippen LogP) is 9.12. The second kappa shape index (κ2) is 9.54. The molecule has 4 nitrogen and oxygen atoms in total. The average Bonchev–Trinajstić information content (AvgIpc) is 3.48. The second-order valence-electron chi connectivity index (χ2n) is 10.2. The summed E-state index contributed by atoms with van der Waals surface area (Å²) in [5.41, 5.74) is 9.67. The molecule has 0 aliphatic rings. The zero-order chi connectivity index (χ0) is 27.2. The van der Waals surface area contributed by atoms with E-state index in [2.05, 4.69) is 114 Å². The lowest BCUT2D eigenvalue weighted by Crippen LogP contribution is -1.98. The van der Waals surface area contributed by atoms with E-state index in [-0.39, 0.29) is 0 Å². The van der Waals surface area contributed by atoms with Crippen molar-refractivity contribution in [1.29, 1.82) is 0 Å². The van der Waals surface area contributed by atoms with Gasteiger partial charge in [0.25, 0.3) is 0 Å². The van der Waals surface area contributed by atoms with Crippen molar-refractivity contribution in [2.45, 2.75) is 0 Å². The molecule has 0 N–H and O–H groups in total. The third kappa shape index (κ3) is 3.97. The van der Waals surface area contributed by atoms with Crippen LogP contribution in [0.5, 0.6) is 0 Å². The summed E-state index contributed by atoms with van der Waals surface area (Å²) in [6, 6.07) is 46.8. The number of aromatic nitrogens is 4. The van der Waals surface area contributed by atoms with Gasteiger partial charge < -0.3 is 0 Å². The van der Waals surface area contributed by atoms with Crippen molar-refractivity contribution >= 4 is 32.6 Å². The SMILES string of the molecule is c1ccc(-c2c3ccccc3c(-c3ccc4nn(-c5cccc(-c6ccncc6)c5)nc4c3)c3ccccc23)cc1. The van der Waals surface area contributed by atoms with Crippen LogP contribution < -0.4 is 0 Å². The van der Waals surface area contributed by atoms with Crippen LogP contribution in [0, 0.1) is 0 Å². The number of benzene rings is 6. The van der Waals surface area contributed by atoms with Crippen molar-refractivity contribution in [2.24, 2.45) is 0 Å². The summed E-state index contributed by atoms with van der Waals surface area (Å²) >= 11 is 0. The number of hydrogen-bond acceptors (Lipinski definition) is 3. The molecule has 0 aliphatic carbocycles. The largest absolute Gasteiger partial charge is 0.265 e. The summed E-state index contributed by atoms with van der Waals surface area (Å²) in [6.45, 7) is 0. The van der Waals surface area contributed by atoms with Gasteiger partial charge in [-0.2, -0.15) is 4.80 Å². The van der Waals surface area contributed by atoms with Gasteiger partial charge in [0.15, 0.2) is 0 Å². The van der Waals surface area contributed by atoms with Crippen LogP contribution in [-0.4, -0.2) is 20.0 Å². The van der Waals surface area contributed by atoms with Gasteiger partial charge in [0.05, 0.1) is 5.69 Å². The standard InChI is InChI=1S/C37H24N4/c1-2-9-26(10-3-1)36-30-13-4-6-15-32(30)37(33-16-7-5-14-31(33)36)28-17-18-34-35(24-28)40-41(39-34)29-12-8-11-27(23-29)25-19-21-38-22-20-25/h1-24H. The van der Waals surface area contributed by atoms with Crippen molar-refractivity contribution in [3.8, 4) is 39.1 Å². The molecule has 0 fully saturated rings. The molecule has 41 heavy (non-hydrogen) atoms. The van der Waals surface area contributed by atoms with Gasteiger partial charge in [-0.05, 0) is 91.3 Å². The van der Waals surface area contributed by atoms with Crippen molar-refractivity contribution in [3.63, 3.8) is 0 Å². The summed E-state index contributed by atoms with van der Waals surface area (Å²) < 4.78 is 0. The maximum absolute atomic E-state index is 4.92. The normalized spacial score (nSPS) is 11.4. The van der Waals surface area contributed by atoms with Gasteiger partial charge >= 0.3 is 0 Å². The van der Waals surface area contributed by atoms with E-state index in [1.807, 2.05) is 36.7 Å². The van der Waals surface area contributed by atoms with Gasteiger partial charge in [0, 0.05) is 12.4 Å². The Hall–Kier alpha value is -5.61. The highest BCUT2D eigenvalue weighted by atomic mass is 15.5. The number of fused-ring (bicyclic) bond motifs is 3. The Morgan fingerprint density at radius 2 is 0.976 bits per heavy atom. The van der Waals surface area contributed by atoms with Crippen molar-refractivity contribution < 1.29 is 0 Å². The minimum Gasteiger partial charge on any atom is -0.265 e. The Kier molecular flexibility index (Phi) is 5.42. The minimum absolute atomic E-state index is 0.858. The molecule has 2 aromatic heterocycles. The maximum Gasteiger partial charge on any atom is 0.114 e. The first-order valence-electron chi connectivity index (χ1n) is 13.7. The van der Waals surface area contributed by atoms with E-state index in [1.165, 1.54) is 38.2 Å². The molecule has 0 radical (unpaired) electrons. The number of nitrogens with zero attached hydrogens (tertiary/aromatic N) is 4. The molecule has 0 aliphatic heterocycles. The van der Waals surface area contributed by atoms with E-state index in [4.69, 9.17) is 10.2 Å². The van der Waals surface area contributed by atoms with E-state index in [9.17, 15) is 0 Å². The van der Waals surface area contributed by atoms with E-state index in [0.717, 1.165) is 33.4 Å². The summed E-state index contributed by atoms with van der Waals surface area (Å²) in [5, 5.41) is 14.7. The lowest BCUT2D eigenvalue weighted by Gasteiger charge is -2.17. The monoisotopic (exact) mass is 524 g/mol. The van der Waals surface area contributed by atoms with Crippen LogP contribution in [-0.2, 0) is 0 Å². The molecule has 0 atom stereocenters. The second-order valence-corrected chi connectivity index (χ2v) is 10.2. The van der Waals surface area contributed by atoms with Crippen molar-refractivity contribution in [2.75, 3.05) is 0 Å². The molecular formula is C37H24N4. The Bertz CT molecular complexity index is 2140. The minimum atomic E-state index is 0.858. The molecule has 4 heteroatoms. The highest BCUT2D eigenvalue weighted by Crippen LogP contribution is 2.43. The van der Waals surface area contributed by atoms with Crippen LogP contribution >= 0.6 is 0 Å². The van der Waals surface area contributed by atoms with E-state index in [1.54, 1.807) is 4.80 Å². The van der Waals surface area contributed by atoms with Gasteiger partial charge in [-0.15, -0.1) is 10.2 Å². The van der Waals surface area contributed by atoms with Crippen LogP contribution in [0.2, 0.25) is 0 Å². The Balaban J connectivity index is 1.31. The molecule has 8 rings (SSSR count). The van der Waals surface area contributed by atoms with Crippen LogP contribution in [0.25, 0.3) is 71.6 Å². The lowest BCUT2D eigenvalue weighted by atomic mass is 9.86. The zero-order valence-electron chi connectivity index (χ0n) is 22.1. The smallest absolute Gasteiger partial charge is 0.114 e. The summed E-state index contributed by atoms with van der Waals surface area (Å²) in [6.07, 6.45) is 3.62. The predicted molar refractivity (Wildman–Crippen MR) is 168 cm³/mol. The van der Waals surface area contributed by atoms with Crippen LogP contribution in [0.15, 0.2) is 146 Å². The molecule has 0 unspecified atom stereocenters. The lowest BCUT2D eigenvalue weighted by molar-refractivity contribution is 0.766. The Morgan fingerprint density at radius 1 is 0.390 bits per heavy atom. The van der Waals surface area contributed by atoms with Gasteiger partial charge in [-0.3, -0.25) is 4.98 Å². The molecule has 0 amide bonds. The quantitative estimate of drug-likeness (QED) is 0.216. The Morgan fingerprint density at radius 3 is 1.66 bits per heavy atom. The van der Waals surface area contributed by atoms with Gasteiger partial charge in [-0.1, -0.05) is 97.1 Å². The third-order valence-electron chi connectivity index (χ3n) is 7.75. The van der Waals surface area contributed by atoms with E-state index in [0.29, 0.717) is 0 Å². The molecule has 192 valence electrons. The van der Waals surface area contributed by atoms with Crippen LogP contribution in [0.4, 0.5) is 0 Å². The topological polar surface area (TPSA) is 43.6 Å².